The van der Waals surface area contributed by atoms with Crippen LogP contribution in [0, 0.1) is 0 Å². The highest BCUT2D eigenvalue weighted by Crippen LogP contribution is 2.35. The maximum atomic E-state index is 13.0. The summed E-state index contributed by atoms with van der Waals surface area (Å²) in [5.74, 6) is -0.197. The second-order valence-electron chi connectivity index (χ2n) is 4.37. The molecule has 0 radical (unpaired) electrons. The molecule has 0 unspecified atom stereocenters. The molecule has 3 nitrogen and oxygen atoms in total. The number of rotatable bonds is 4. The van der Waals surface area contributed by atoms with E-state index in [-0.39, 0.29) is 16.8 Å². The van der Waals surface area contributed by atoms with Crippen LogP contribution >= 0.6 is 15.9 Å². The highest BCUT2D eigenvalue weighted by atomic mass is 79.9. The molecular weight excluding hydrogens is 347 g/mol. The second-order valence-corrected chi connectivity index (χ2v) is 5.29. The normalized spacial score (nSPS) is 11.5. The number of nitrogens with zero attached hydrogens (tertiary/aromatic N) is 1. The van der Waals surface area contributed by atoms with Crippen molar-refractivity contribution >= 4 is 21.7 Å². The van der Waals surface area contributed by atoms with E-state index in [1.165, 1.54) is 6.20 Å². The van der Waals surface area contributed by atoms with E-state index in [9.17, 15) is 13.2 Å². The Morgan fingerprint density at radius 3 is 2.48 bits per heavy atom. The zero-order valence-electron chi connectivity index (χ0n) is 10.9. The van der Waals surface area contributed by atoms with E-state index in [1.807, 2.05) is 24.3 Å². The van der Waals surface area contributed by atoms with Gasteiger partial charge in [0.05, 0.1) is 5.56 Å². The van der Waals surface area contributed by atoms with Gasteiger partial charge >= 0.3 is 6.18 Å². The van der Waals surface area contributed by atoms with Crippen LogP contribution in [-0.4, -0.2) is 4.98 Å². The number of hydrogen-bond donors (Lipinski definition) is 2. The van der Waals surface area contributed by atoms with Gasteiger partial charge in [-0.2, -0.15) is 13.2 Å². The van der Waals surface area contributed by atoms with E-state index >= 15 is 0 Å². The van der Waals surface area contributed by atoms with Crippen LogP contribution in [-0.2, 0) is 19.3 Å². The number of aromatic nitrogens is 1. The molecule has 7 heteroatoms. The Hall–Kier alpha value is -1.60. The molecule has 0 aliphatic heterocycles. The lowest BCUT2D eigenvalue weighted by atomic mass is 10.1. The highest BCUT2D eigenvalue weighted by molar-refractivity contribution is 9.10. The lowest BCUT2D eigenvalue weighted by Gasteiger charge is -2.15. The smallest absolute Gasteiger partial charge is 0.365 e. The summed E-state index contributed by atoms with van der Waals surface area (Å²) < 4.78 is 39.2. The van der Waals surface area contributed by atoms with Crippen molar-refractivity contribution in [1.82, 2.24) is 4.98 Å². The van der Waals surface area contributed by atoms with Gasteiger partial charge in [0.2, 0.25) is 0 Å². The van der Waals surface area contributed by atoms with Crippen molar-refractivity contribution in [2.24, 2.45) is 5.73 Å². The Kier molecular flexibility index (Phi) is 4.84. The van der Waals surface area contributed by atoms with Gasteiger partial charge in [-0.05, 0) is 33.1 Å². The van der Waals surface area contributed by atoms with E-state index < -0.39 is 11.7 Å². The molecule has 0 saturated carbocycles. The number of alkyl halides is 3. The number of hydrogen-bond acceptors (Lipinski definition) is 3. The summed E-state index contributed by atoms with van der Waals surface area (Å²) >= 11 is 3.00. The van der Waals surface area contributed by atoms with Crippen molar-refractivity contribution in [1.29, 1.82) is 0 Å². The number of nitrogens with two attached hydrogens (primary N) is 1. The molecule has 0 bridgehead atoms. The molecule has 0 aliphatic rings. The van der Waals surface area contributed by atoms with Crippen molar-refractivity contribution in [2.75, 3.05) is 5.32 Å². The summed E-state index contributed by atoms with van der Waals surface area (Å²) in [6, 6.07) is 8.32. The maximum absolute atomic E-state index is 13.0. The molecule has 21 heavy (non-hydrogen) atoms. The van der Waals surface area contributed by atoms with E-state index in [0.29, 0.717) is 6.54 Å². The number of anilines is 1. The second kappa shape index (κ2) is 6.44. The minimum Gasteiger partial charge on any atom is -0.365 e. The first-order valence-corrected chi connectivity index (χ1v) is 6.94. The van der Waals surface area contributed by atoms with Crippen LogP contribution in [0.2, 0.25) is 0 Å². The summed E-state index contributed by atoms with van der Waals surface area (Å²) in [4.78, 5) is 3.81. The summed E-state index contributed by atoms with van der Waals surface area (Å²) in [7, 11) is 0. The topological polar surface area (TPSA) is 50.9 Å². The average Bonchev–Trinajstić information content (AvgIpc) is 2.45. The molecule has 1 aromatic heterocycles. The predicted molar refractivity (Wildman–Crippen MR) is 78.6 cm³/mol. The minimum absolute atomic E-state index is 0.197. The van der Waals surface area contributed by atoms with E-state index in [2.05, 4.69) is 26.2 Å². The van der Waals surface area contributed by atoms with Crippen LogP contribution in [0.5, 0.6) is 0 Å². The SMILES string of the molecule is NCc1ccccc1CNc1ncc(Br)cc1C(F)(F)F. The van der Waals surface area contributed by atoms with Gasteiger partial charge in [-0.15, -0.1) is 0 Å². The predicted octanol–water partition coefficient (Wildman–Crippen LogP) is 3.93. The Morgan fingerprint density at radius 1 is 1.19 bits per heavy atom. The fourth-order valence-electron chi connectivity index (χ4n) is 1.90. The van der Waals surface area contributed by atoms with Gasteiger partial charge in [0.15, 0.2) is 0 Å². The Morgan fingerprint density at radius 2 is 1.86 bits per heavy atom. The molecule has 1 aromatic carbocycles. The van der Waals surface area contributed by atoms with E-state index in [1.54, 1.807) is 0 Å². The molecule has 0 fully saturated rings. The van der Waals surface area contributed by atoms with Gasteiger partial charge in [0, 0.05) is 23.8 Å². The van der Waals surface area contributed by atoms with Crippen molar-refractivity contribution in [3.63, 3.8) is 0 Å². The molecule has 0 atom stereocenters. The van der Waals surface area contributed by atoms with Gasteiger partial charge in [0.25, 0.3) is 0 Å². The first kappa shape index (κ1) is 15.8. The Balaban J connectivity index is 2.24. The van der Waals surface area contributed by atoms with E-state index in [4.69, 9.17) is 5.73 Å². The third kappa shape index (κ3) is 3.95. The third-order valence-electron chi connectivity index (χ3n) is 2.94. The van der Waals surface area contributed by atoms with Gasteiger partial charge in [-0.3, -0.25) is 0 Å². The molecule has 0 saturated heterocycles. The van der Waals surface area contributed by atoms with E-state index in [0.717, 1.165) is 17.2 Å². The van der Waals surface area contributed by atoms with Crippen LogP contribution < -0.4 is 11.1 Å². The van der Waals surface area contributed by atoms with Crippen molar-refractivity contribution < 1.29 is 13.2 Å². The van der Waals surface area contributed by atoms with Gasteiger partial charge < -0.3 is 11.1 Å². The minimum atomic E-state index is -4.47. The molecule has 0 aliphatic carbocycles. The number of halogens is 4. The molecule has 112 valence electrons. The standard InChI is InChI=1S/C14H13BrF3N3/c15-11-5-12(14(16,17)18)13(21-8-11)20-7-10-4-2-1-3-9(10)6-19/h1-5,8H,6-7,19H2,(H,20,21). The fraction of sp³-hybridized carbons (Fsp3) is 0.214. The van der Waals surface area contributed by atoms with Crippen molar-refractivity contribution in [3.8, 4) is 0 Å². The Labute approximate surface area is 128 Å². The largest absolute Gasteiger partial charge is 0.419 e. The molecule has 3 N–H and O–H groups in total. The number of nitrogens with one attached hydrogen (secondary N) is 1. The van der Waals surface area contributed by atoms with Crippen LogP contribution in [0.15, 0.2) is 41.0 Å². The first-order chi connectivity index (χ1) is 9.91. The monoisotopic (exact) mass is 359 g/mol. The molecule has 0 amide bonds. The van der Waals surface area contributed by atoms with Crippen molar-refractivity contribution in [3.05, 3.63) is 57.7 Å². The van der Waals surface area contributed by atoms with Crippen LogP contribution in [0.25, 0.3) is 0 Å². The van der Waals surface area contributed by atoms with Crippen LogP contribution in [0.1, 0.15) is 16.7 Å². The summed E-state index contributed by atoms with van der Waals surface area (Å²) in [5, 5.41) is 2.73. The van der Waals surface area contributed by atoms with Gasteiger partial charge in [-0.1, -0.05) is 24.3 Å². The lowest BCUT2D eigenvalue weighted by Crippen LogP contribution is -2.13. The van der Waals surface area contributed by atoms with Crippen LogP contribution in [0.4, 0.5) is 19.0 Å². The zero-order valence-corrected chi connectivity index (χ0v) is 12.5. The Bertz CT molecular complexity index is 629. The number of benzene rings is 1. The third-order valence-corrected chi connectivity index (χ3v) is 3.38. The zero-order chi connectivity index (χ0) is 15.5. The maximum Gasteiger partial charge on any atom is 0.419 e. The lowest BCUT2D eigenvalue weighted by molar-refractivity contribution is -0.137. The summed E-state index contributed by atoms with van der Waals surface area (Å²) in [5.41, 5.74) is 6.54. The molecule has 1 heterocycles. The molecule has 0 spiro atoms. The van der Waals surface area contributed by atoms with Crippen LogP contribution in [0.3, 0.4) is 0 Å². The summed E-state index contributed by atoms with van der Waals surface area (Å²) in [6.07, 6.45) is -3.14. The molecule has 2 aromatic rings. The summed E-state index contributed by atoms with van der Waals surface area (Å²) in [6.45, 7) is 0.558. The average molecular weight is 360 g/mol. The molecular formula is C14H13BrF3N3. The van der Waals surface area contributed by atoms with Gasteiger partial charge in [-0.25, -0.2) is 4.98 Å². The van der Waals surface area contributed by atoms with Crippen molar-refractivity contribution in [2.45, 2.75) is 19.3 Å². The molecule has 2 rings (SSSR count). The van der Waals surface area contributed by atoms with Gasteiger partial charge in [0.1, 0.15) is 5.82 Å². The quantitative estimate of drug-likeness (QED) is 0.869. The highest BCUT2D eigenvalue weighted by Gasteiger charge is 2.34. The fourth-order valence-corrected chi connectivity index (χ4v) is 2.24. The number of pyridine rings is 1. The first-order valence-electron chi connectivity index (χ1n) is 6.15.